The van der Waals surface area contributed by atoms with Gasteiger partial charge in [0, 0.05) is 6.92 Å². The third-order valence-electron chi connectivity index (χ3n) is 3.86. The van der Waals surface area contributed by atoms with Crippen LogP contribution in [-0.2, 0) is 4.79 Å². The molecule has 1 saturated heterocycles. The van der Waals surface area contributed by atoms with E-state index in [2.05, 4.69) is 24.3 Å². The maximum Gasteiger partial charge on any atom is 0.225 e. The van der Waals surface area contributed by atoms with E-state index in [0.29, 0.717) is 17.1 Å². The van der Waals surface area contributed by atoms with Crippen LogP contribution in [0.1, 0.15) is 26.7 Å². The maximum atomic E-state index is 10.9. The number of hydrogen-bond donors (Lipinski definition) is 1. The minimum atomic E-state index is 0.345. The van der Waals surface area contributed by atoms with Crippen molar-refractivity contribution in [2.45, 2.75) is 32.7 Å². The molecule has 2 rings (SSSR count). The van der Waals surface area contributed by atoms with Crippen molar-refractivity contribution in [3.8, 4) is 0 Å². The van der Waals surface area contributed by atoms with Gasteiger partial charge in [0.2, 0.25) is 5.84 Å². The summed E-state index contributed by atoms with van der Waals surface area (Å²) in [6, 6.07) is 0.345. The lowest BCUT2D eigenvalue weighted by Gasteiger charge is -2.31. The molecule has 4 nitrogen and oxygen atoms in total. The molecule has 0 spiro atoms. The Bertz CT molecular complexity index is 366. The summed E-state index contributed by atoms with van der Waals surface area (Å²) in [4.78, 5) is 15.5. The summed E-state index contributed by atoms with van der Waals surface area (Å²) in [5, 5.41) is 3.46. The lowest BCUT2D eigenvalue weighted by Crippen LogP contribution is -2.53. The number of carbonyl (C=O) groups excluding carboxylic acids is 1. The van der Waals surface area contributed by atoms with Gasteiger partial charge in [0.1, 0.15) is 18.3 Å². The van der Waals surface area contributed by atoms with Gasteiger partial charge in [-0.2, -0.15) is 4.99 Å². The molecule has 0 bridgehead atoms. The fraction of sp³-hybridized carbons (Fsp3) is 0.667. The van der Waals surface area contributed by atoms with Crippen molar-refractivity contribution in [1.29, 1.82) is 0 Å². The van der Waals surface area contributed by atoms with E-state index >= 15 is 0 Å². The number of carbonyl (C=O) groups is 1. The van der Waals surface area contributed by atoms with Crippen LogP contribution >= 0.6 is 0 Å². The van der Waals surface area contributed by atoms with E-state index < -0.39 is 0 Å². The Morgan fingerprint density at radius 3 is 2.88 bits per heavy atom. The van der Waals surface area contributed by atoms with Crippen molar-refractivity contribution < 1.29 is 9.28 Å². The second kappa shape index (κ2) is 4.11. The highest BCUT2D eigenvalue weighted by Crippen LogP contribution is 2.30. The van der Waals surface area contributed by atoms with Gasteiger partial charge in [-0.25, -0.2) is 4.48 Å². The van der Waals surface area contributed by atoms with E-state index in [0.717, 1.165) is 30.8 Å². The molecule has 2 atom stereocenters. The Morgan fingerprint density at radius 2 is 2.31 bits per heavy atom. The van der Waals surface area contributed by atoms with Gasteiger partial charge in [0.05, 0.1) is 12.7 Å². The van der Waals surface area contributed by atoms with Gasteiger partial charge in [0.15, 0.2) is 6.29 Å². The first kappa shape index (κ1) is 11.5. The summed E-state index contributed by atoms with van der Waals surface area (Å²) in [5.41, 5.74) is 2.25. The predicted octanol–water partition coefficient (Wildman–Crippen LogP) is 1.05. The van der Waals surface area contributed by atoms with Gasteiger partial charge < -0.3 is 5.32 Å². The molecule has 4 heteroatoms. The fourth-order valence-corrected chi connectivity index (χ4v) is 2.60. The average molecular weight is 222 g/mol. The largest absolute Gasteiger partial charge is 0.304 e. The van der Waals surface area contributed by atoms with Crippen LogP contribution in [0, 0.1) is 0 Å². The molecule has 88 valence electrons. The SMILES string of the molecule is CC1=C(C)[N+](C)(CC=O)C(C2CCCN2)=N1. The van der Waals surface area contributed by atoms with E-state index in [9.17, 15) is 4.79 Å². The number of likely N-dealkylation sites (N-methyl/N-ethyl adjacent to an activating group) is 1. The lowest BCUT2D eigenvalue weighted by molar-refractivity contribution is -0.770. The van der Waals surface area contributed by atoms with Crippen molar-refractivity contribution >= 4 is 12.1 Å². The fourth-order valence-electron chi connectivity index (χ4n) is 2.60. The van der Waals surface area contributed by atoms with Gasteiger partial charge in [-0.05, 0) is 26.3 Å². The Labute approximate surface area is 96.6 Å². The van der Waals surface area contributed by atoms with E-state index in [1.165, 1.54) is 12.1 Å². The minimum absolute atomic E-state index is 0.345. The third-order valence-corrected chi connectivity index (χ3v) is 3.86. The number of aldehydes is 1. The molecule has 0 radical (unpaired) electrons. The van der Waals surface area contributed by atoms with Crippen molar-refractivity contribution in [2.24, 2.45) is 4.99 Å². The standard InChI is InChI=1S/C12H20N3O/c1-9-10(2)15(3,7-8-16)12(14-9)11-5-4-6-13-11/h8,11,13H,4-7H2,1-3H3/q+1. The summed E-state index contributed by atoms with van der Waals surface area (Å²) >= 11 is 0. The first-order chi connectivity index (χ1) is 7.59. The number of nitrogens with one attached hydrogen (secondary N) is 1. The van der Waals surface area contributed by atoms with E-state index in [1.807, 2.05) is 6.92 Å². The van der Waals surface area contributed by atoms with Crippen LogP contribution in [0.4, 0.5) is 0 Å². The predicted molar refractivity (Wildman–Crippen MR) is 63.9 cm³/mol. The van der Waals surface area contributed by atoms with Gasteiger partial charge in [-0.1, -0.05) is 0 Å². The molecule has 2 aliphatic rings. The van der Waals surface area contributed by atoms with Crippen LogP contribution < -0.4 is 5.32 Å². The van der Waals surface area contributed by atoms with E-state index in [-0.39, 0.29) is 0 Å². The van der Waals surface area contributed by atoms with Crippen LogP contribution in [0.3, 0.4) is 0 Å². The first-order valence-corrected chi connectivity index (χ1v) is 5.89. The second-order valence-electron chi connectivity index (χ2n) is 4.83. The molecule has 1 fully saturated rings. The molecular weight excluding hydrogens is 202 g/mol. The summed E-state index contributed by atoms with van der Waals surface area (Å²) in [6.45, 7) is 5.64. The number of hydrogen-bond acceptors (Lipinski definition) is 3. The molecule has 0 aromatic rings. The molecule has 2 unspecified atom stereocenters. The van der Waals surface area contributed by atoms with Gasteiger partial charge in [-0.3, -0.25) is 4.79 Å². The highest BCUT2D eigenvalue weighted by molar-refractivity contribution is 5.86. The quantitative estimate of drug-likeness (QED) is 0.573. The van der Waals surface area contributed by atoms with Crippen molar-refractivity contribution in [2.75, 3.05) is 20.1 Å². The summed E-state index contributed by atoms with van der Waals surface area (Å²) in [5.74, 6) is 1.11. The average Bonchev–Trinajstić information content (AvgIpc) is 2.83. The number of allylic oxidation sites excluding steroid dienone is 2. The van der Waals surface area contributed by atoms with Crippen LogP contribution in [-0.4, -0.2) is 42.8 Å². The van der Waals surface area contributed by atoms with E-state index in [4.69, 9.17) is 0 Å². The van der Waals surface area contributed by atoms with E-state index in [1.54, 1.807) is 0 Å². The number of amidine groups is 1. The monoisotopic (exact) mass is 222 g/mol. The second-order valence-corrected chi connectivity index (χ2v) is 4.83. The number of quaternary nitrogens is 1. The number of rotatable bonds is 3. The minimum Gasteiger partial charge on any atom is -0.304 e. The topological polar surface area (TPSA) is 41.5 Å². The zero-order valence-corrected chi connectivity index (χ0v) is 10.3. The lowest BCUT2D eigenvalue weighted by atomic mass is 10.1. The molecule has 16 heavy (non-hydrogen) atoms. The molecule has 0 saturated carbocycles. The van der Waals surface area contributed by atoms with Crippen molar-refractivity contribution in [3.63, 3.8) is 0 Å². The molecule has 0 aliphatic carbocycles. The van der Waals surface area contributed by atoms with Crippen molar-refractivity contribution in [3.05, 3.63) is 11.4 Å². The molecule has 0 aromatic carbocycles. The van der Waals surface area contributed by atoms with Crippen LogP contribution in [0.5, 0.6) is 0 Å². The Balaban J connectivity index is 2.31. The summed E-state index contributed by atoms with van der Waals surface area (Å²) in [7, 11) is 2.08. The van der Waals surface area contributed by atoms with Crippen LogP contribution in [0.15, 0.2) is 16.4 Å². The number of aliphatic imine (C=N–C) groups is 1. The van der Waals surface area contributed by atoms with Crippen LogP contribution in [0.25, 0.3) is 0 Å². The molecule has 2 aliphatic heterocycles. The smallest absolute Gasteiger partial charge is 0.225 e. The highest BCUT2D eigenvalue weighted by Gasteiger charge is 2.43. The van der Waals surface area contributed by atoms with Crippen LogP contribution in [0.2, 0.25) is 0 Å². The Hall–Kier alpha value is -1.00. The molecular formula is C12H20N3O+. The third kappa shape index (κ3) is 1.62. The normalized spacial score (nSPS) is 34.4. The van der Waals surface area contributed by atoms with Gasteiger partial charge in [0.25, 0.3) is 0 Å². The molecule has 2 heterocycles. The van der Waals surface area contributed by atoms with Gasteiger partial charge in [-0.15, -0.1) is 0 Å². The molecule has 1 N–H and O–H groups in total. The molecule has 0 aromatic heterocycles. The summed E-state index contributed by atoms with van der Waals surface area (Å²) < 4.78 is 0.576. The number of nitrogens with zero attached hydrogens (tertiary/aromatic N) is 2. The van der Waals surface area contributed by atoms with Crippen molar-refractivity contribution in [1.82, 2.24) is 5.32 Å². The zero-order chi connectivity index (χ0) is 11.8. The Morgan fingerprint density at radius 1 is 1.56 bits per heavy atom. The van der Waals surface area contributed by atoms with Gasteiger partial charge >= 0.3 is 0 Å². The Kier molecular flexibility index (Phi) is 2.95. The maximum absolute atomic E-state index is 10.9. The highest BCUT2D eigenvalue weighted by atomic mass is 16.1. The zero-order valence-electron chi connectivity index (χ0n) is 10.3. The first-order valence-electron chi connectivity index (χ1n) is 5.89. The molecule has 0 amide bonds. The summed E-state index contributed by atoms with van der Waals surface area (Å²) in [6.07, 6.45) is 3.32.